The van der Waals surface area contributed by atoms with Gasteiger partial charge in [0.15, 0.2) is 23.5 Å². The van der Waals surface area contributed by atoms with Crippen molar-refractivity contribution in [2.45, 2.75) is 300 Å². The predicted molar refractivity (Wildman–Crippen MR) is 440 cm³/mol. The number of carbonyl (C=O) groups excluding carboxylic acids is 5. The molecular formula is C83H156N8O8S3. The normalized spacial score (nSPS) is 28.1. The summed E-state index contributed by atoms with van der Waals surface area (Å²) in [5.41, 5.74) is 2.04. The van der Waals surface area contributed by atoms with Gasteiger partial charge in [0.1, 0.15) is 0 Å². The van der Waals surface area contributed by atoms with Gasteiger partial charge in [0.25, 0.3) is 11.8 Å². The lowest BCUT2D eigenvalue weighted by Crippen LogP contribution is -2.39. The van der Waals surface area contributed by atoms with Crippen LogP contribution in [-0.2, 0) is 43.2 Å². The molecule has 0 spiro atoms. The molecule has 9 rings (SSSR count). The molecule has 9 atom stereocenters. The van der Waals surface area contributed by atoms with Gasteiger partial charge in [0, 0.05) is 41.5 Å². The molecule has 8 aliphatic heterocycles. The van der Waals surface area contributed by atoms with Crippen molar-refractivity contribution in [2.24, 2.45) is 78.3 Å². The van der Waals surface area contributed by atoms with Crippen LogP contribution < -0.4 is 26.0 Å². The molecule has 102 heavy (non-hydrogen) atoms. The molecule has 8 heterocycles. The lowest BCUT2D eigenvalue weighted by molar-refractivity contribution is -0.132. The van der Waals surface area contributed by atoms with E-state index in [0.29, 0.717) is 45.6 Å². The summed E-state index contributed by atoms with van der Waals surface area (Å²) in [7, 11) is 4.33. The van der Waals surface area contributed by atoms with Crippen LogP contribution in [0.5, 0.6) is 0 Å². The SMILES string of the molecule is C=C1NC(=O)C(C)(CC(C)(C)C)O1.C=C1NC(=O)C(C)(CC(C)(C)C)S1.C=C1NC(=O)C(CC(C)(C)C)O1.C=C1NC(=O)C(CC(C)(C)C)S1.C=S1(=O)CC(CC(C)(C)C)C(=O)N1.CC(C)(C)C1CCCC1.CN1CCC(C(C)(C)C)C1.CN1CCC(C(C)(C)C)C1.CN1CCC(C(C)(C)C)C1. The molecule has 0 radical (unpaired) electrons. The number of thioether (sulfide) groups is 2. The van der Waals surface area contributed by atoms with Crippen LogP contribution in [0.25, 0.3) is 0 Å². The van der Waals surface area contributed by atoms with Crippen molar-refractivity contribution < 1.29 is 37.7 Å². The molecule has 5 amide bonds. The van der Waals surface area contributed by atoms with E-state index in [1.807, 2.05) is 6.92 Å². The summed E-state index contributed by atoms with van der Waals surface area (Å²) in [6.45, 7) is 85.9. The quantitative estimate of drug-likeness (QED) is 0.164. The molecule has 9 unspecified atom stereocenters. The average Bonchev–Trinajstić information content (AvgIpc) is 1.69. The summed E-state index contributed by atoms with van der Waals surface area (Å²) < 4.78 is 24.1. The van der Waals surface area contributed by atoms with Gasteiger partial charge < -0.3 is 34.8 Å². The molecule has 19 heteroatoms. The lowest BCUT2D eigenvalue weighted by atomic mass is 9.80. The van der Waals surface area contributed by atoms with Gasteiger partial charge in [-0.05, 0) is 204 Å². The van der Waals surface area contributed by atoms with Crippen LogP contribution in [0.2, 0.25) is 0 Å². The fourth-order valence-corrected chi connectivity index (χ4v) is 18.2. The van der Waals surface area contributed by atoms with E-state index in [0.717, 1.165) is 59.4 Å². The highest BCUT2D eigenvalue weighted by Crippen LogP contribution is 2.45. The third kappa shape index (κ3) is 39.4. The van der Waals surface area contributed by atoms with E-state index in [2.05, 4.69) is 281 Å². The monoisotopic (exact) mass is 1490 g/mol. The number of amides is 5. The van der Waals surface area contributed by atoms with Crippen LogP contribution in [0.3, 0.4) is 0 Å². The number of hydrogen-bond acceptors (Lipinski definition) is 13. The van der Waals surface area contributed by atoms with Crippen LogP contribution in [-0.4, -0.2) is 142 Å². The van der Waals surface area contributed by atoms with Gasteiger partial charge in [0.05, 0.1) is 26.0 Å². The number of nitrogens with zero attached hydrogens (tertiary/aromatic N) is 3. The van der Waals surface area contributed by atoms with Crippen molar-refractivity contribution in [3.05, 3.63) is 48.1 Å². The highest BCUT2D eigenvalue weighted by atomic mass is 32.2. The van der Waals surface area contributed by atoms with Gasteiger partial charge in [-0.25, -0.2) is 4.21 Å². The zero-order valence-corrected chi connectivity index (χ0v) is 73.8. The van der Waals surface area contributed by atoms with Crippen molar-refractivity contribution in [1.29, 1.82) is 0 Å². The molecule has 0 aromatic carbocycles. The number of likely N-dealkylation sites (tertiary alicyclic amines) is 3. The first-order valence-electron chi connectivity index (χ1n) is 38.0. The fraction of sp³-hybridized carbons (Fsp3) is 0.831. The summed E-state index contributed by atoms with van der Waals surface area (Å²) in [5.74, 6) is 8.19. The van der Waals surface area contributed by atoms with Gasteiger partial charge in [0.2, 0.25) is 17.7 Å². The third-order valence-electron chi connectivity index (χ3n) is 19.6. The maximum Gasteiger partial charge on any atom is 0.270 e. The summed E-state index contributed by atoms with van der Waals surface area (Å²) in [4.78, 5) is 64.1. The Morgan fingerprint density at radius 3 is 1.11 bits per heavy atom. The second-order valence-corrected chi connectivity index (χ2v) is 46.6. The molecular weight excluding hydrogens is 1330 g/mol. The van der Waals surface area contributed by atoms with E-state index in [9.17, 15) is 28.2 Å². The zero-order chi connectivity index (χ0) is 79.8. The van der Waals surface area contributed by atoms with Crippen molar-refractivity contribution in [2.75, 3.05) is 66.2 Å². The van der Waals surface area contributed by atoms with Gasteiger partial charge in [-0.15, -0.1) is 0 Å². The first-order valence-corrected chi connectivity index (χ1v) is 41.6. The van der Waals surface area contributed by atoms with Crippen molar-refractivity contribution >= 4 is 68.6 Å². The standard InChI is InChI=1S/C10H17NO2.C10H17NOS.C9H17NO2S.C9H15NO2.C9H15NOS.3C9H19N.C9H18/c2*1-7-11-8(12)10(5,13-7)6-9(2,3)4;1-9(2,3)5-7-6-13(4,12)10-8(7)11;2*1-6-10-8(11)7(12-6)5-9(2,3)4;3*1-9(2,3)8-5-6-10(4)7-8;1-9(2,3)8-6-4-5-7-8/h2*1,6H2,2-5H3,(H,11,12);7H,4-6H2,1-3H3,(H,10,11,12);2*7H,1,5H2,2-4H3,(H,10,11);3*8H,5-7H2,1-4H3;8H,4-7H2,1-3H3. The van der Waals surface area contributed by atoms with E-state index in [4.69, 9.17) is 9.47 Å². The van der Waals surface area contributed by atoms with Crippen LogP contribution >= 0.6 is 23.5 Å². The van der Waals surface area contributed by atoms with E-state index >= 15 is 0 Å². The Labute approximate surface area is 635 Å². The smallest absolute Gasteiger partial charge is 0.270 e. The van der Waals surface area contributed by atoms with Crippen molar-refractivity contribution in [1.82, 2.24) is 40.7 Å². The summed E-state index contributed by atoms with van der Waals surface area (Å²) >= 11 is 3.09. The number of hydrogen-bond donors (Lipinski definition) is 5. The first-order chi connectivity index (χ1) is 45.5. The van der Waals surface area contributed by atoms with E-state index < -0.39 is 15.3 Å². The largest absolute Gasteiger partial charge is 0.466 e. The Kier molecular flexibility index (Phi) is 36.5. The third-order valence-corrected chi connectivity index (χ3v) is 23.3. The molecule has 0 aromatic rings. The van der Waals surface area contributed by atoms with E-state index in [1.165, 1.54) is 84.2 Å². The maximum atomic E-state index is 11.6. The Bertz CT molecular complexity index is 2700. The number of carbonyl (C=O) groups is 5. The second kappa shape index (κ2) is 38.5. The minimum atomic E-state index is -2.32. The Hall–Kier alpha value is -3.49. The summed E-state index contributed by atoms with van der Waals surface area (Å²) in [5, 5.41) is 12.2. The zero-order valence-electron chi connectivity index (χ0n) is 71.3. The average molecular weight is 1490 g/mol. The van der Waals surface area contributed by atoms with Crippen molar-refractivity contribution in [3.8, 4) is 0 Å². The molecule has 9 aliphatic rings. The fourth-order valence-electron chi connectivity index (χ4n) is 14.1. The predicted octanol–water partition coefficient (Wildman–Crippen LogP) is 17.8. The highest BCUT2D eigenvalue weighted by molar-refractivity contribution is 8.05. The molecule has 5 N–H and O–H groups in total. The van der Waals surface area contributed by atoms with E-state index in [1.54, 1.807) is 30.4 Å². The molecule has 1 aliphatic carbocycles. The topological polar surface area (TPSA) is 191 Å². The summed E-state index contributed by atoms with van der Waals surface area (Å²) in [6.07, 6.45) is 13.7. The van der Waals surface area contributed by atoms with Gasteiger partial charge >= 0.3 is 0 Å². The molecule has 9 fully saturated rings. The molecule has 16 nitrogen and oxygen atoms in total. The molecule has 8 saturated heterocycles. The maximum absolute atomic E-state index is 11.6. The van der Waals surface area contributed by atoms with E-state index in [-0.39, 0.29) is 78.6 Å². The number of rotatable bonds is 5. The first kappa shape index (κ1) is 96.5. The number of ether oxygens (including phenoxy) is 2. The van der Waals surface area contributed by atoms with Gasteiger partial charge in [-0.3, -0.25) is 39.3 Å². The highest BCUT2D eigenvalue weighted by Gasteiger charge is 2.46. The Morgan fingerprint density at radius 1 is 0.471 bits per heavy atom. The molecule has 1 saturated carbocycles. The van der Waals surface area contributed by atoms with Crippen LogP contribution in [0.4, 0.5) is 0 Å². The Morgan fingerprint density at radius 2 is 0.873 bits per heavy atom. The van der Waals surface area contributed by atoms with Crippen LogP contribution in [0, 0.1) is 78.3 Å². The van der Waals surface area contributed by atoms with Crippen LogP contribution in [0.15, 0.2) is 48.1 Å². The van der Waals surface area contributed by atoms with Gasteiger partial charge in [-0.2, -0.15) is 0 Å². The Balaban J connectivity index is 0.000000575. The minimum absolute atomic E-state index is 0.0662. The summed E-state index contributed by atoms with van der Waals surface area (Å²) in [6, 6.07) is 0. The number of nitrogens with one attached hydrogen (secondary N) is 5. The second-order valence-electron chi connectivity index (χ2n) is 41.6. The molecule has 594 valence electrons. The van der Waals surface area contributed by atoms with Crippen LogP contribution in [0.1, 0.15) is 278 Å². The molecule has 0 bridgehead atoms. The van der Waals surface area contributed by atoms with Gasteiger partial charge in [-0.1, -0.05) is 236 Å². The molecule has 0 aromatic heterocycles. The van der Waals surface area contributed by atoms with Crippen molar-refractivity contribution in [3.63, 3.8) is 0 Å². The minimum Gasteiger partial charge on any atom is -0.466 e. The lowest BCUT2D eigenvalue weighted by Gasteiger charge is -2.28.